The molecule has 0 radical (unpaired) electrons. The van der Waals surface area contributed by atoms with Gasteiger partial charge in [0.25, 0.3) is 0 Å². The number of carboxylic acids is 1. The van der Waals surface area contributed by atoms with Crippen molar-refractivity contribution in [2.45, 2.75) is 31.7 Å². The first-order valence-electron chi connectivity index (χ1n) is 8.68. The molecule has 1 aliphatic rings. The van der Waals surface area contributed by atoms with Crippen LogP contribution in [0, 0.1) is 0 Å². The van der Waals surface area contributed by atoms with Crippen LogP contribution in [-0.4, -0.2) is 47.6 Å². The molecule has 27 heavy (non-hydrogen) atoms. The molecule has 2 heterocycles. The Hall–Kier alpha value is -2.61. The first-order valence-corrected chi connectivity index (χ1v) is 9.56. The zero-order valence-corrected chi connectivity index (χ0v) is 16.1. The van der Waals surface area contributed by atoms with Gasteiger partial charge in [0.1, 0.15) is 0 Å². The summed E-state index contributed by atoms with van der Waals surface area (Å²) in [5.41, 5.74) is 1.80. The summed E-state index contributed by atoms with van der Waals surface area (Å²) in [6.45, 7) is 0.483. The highest BCUT2D eigenvalue weighted by Crippen LogP contribution is 2.39. The Morgan fingerprint density at radius 3 is 2.67 bits per heavy atom. The Balaban J connectivity index is 1.87. The van der Waals surface area contributed by atoms with Crippen LogP contribution in [0.4, 0.5) is 0 Å². The van der Waals surface area contributed by atoms with E-state index in [0.29, 0.717) is 37.3 Å². The molecule has 1 aromatic carbocycles. The highest BCUT2D eigenvalue weighted by Gasteiger charge is 2.33. The van der Waals surface area contributed by atoms with Crippen molar-refractivity contribution in [1.82, 2.24) is 9.88 Å². The van der Waals surface area contributed by atoms with Crippen LogP contribution in [0.5, 0.6) is 11.5 Å². The lowest BCUT2D eigenvalue weighted by atomic mass is 9.89. The molecule has 7 nitrogen and oxygen atoms in total. The van der Waals surface area contributed by atoms with E-state index in [2.05, 4.69) is 4.98 Å². The van der Waals surface area contributed by atoms with E-state index >= 15 is 0 Å². The monoisotopic (exact) mass is 390 g/mol. The maximum atomic E-state index is 12.8. The third kappa shape index (κ3) is 4.21. The summed E-state index contributed by atoms with van der Waals surface area (Å²) in [5, 5.41) is 12.2. The highest BCUT2D eigenvalue weighted by atomic mass is 32.1. The number of hydrogen-bond donors (Lipinski definition) is 1. The molecule has 0 saturated heterocycles. The maximum Gasteiger partial charge on any atom is 0.305 e. The van der Waals surface area contributed by atoms with E-state index in [1.54, 1.807) is 24.3 Å². The molecule has 1 atom stereocenters. The summed E-state index contributed by atoms with van der Waals surface area (Å²) in [7, 11) is 3.10. The molecular formula is C19H22N2O5S. The van der Waals surface area contributed by atoms with Crippen molar-refractivity contribution in [2.24, 2.45) is 0 Å². The van der Waals surface area contributed by atoms with Crippen molar-refractivity contribution in [3.63, 3.8) is 0 Å². The summed E-state index contributed by atoms with van der Waals surface area (Å²) in [4.78, 5) is 30.2. The van der Waals surface area contributed by atoms with Crippen molar-refractivity contribution in [1.29, 1.82) is 0 Å². The van der Waals surface area contributed by atoms with Crippen molar-refractivity contribution >= 4 is 23.2 Å². The number of carbonyl (C=O) groups excluding carboxylic acids is 1. The Morgan fingerprint density at radius 2 is 2.04 bits per heavy atom. The molecule has 0 spiro atoms. The van der Waals surface area contributed by atoms with Crippen LogP contribution >= 0.6 is 11.3 Å². The molecule has 1 aliphatic heterocycles. The van der Waals surface area contributed by atoms with Gasteiger partial charge in [-0.3, -0.25) is 9.59 Å². The summed E-state index contributed by atoms with van der Waals surface area (Å²) in [5.74, 6) is 0.134. The molecule has 1 unspecified atom stereocenters. The maximum absolute atomic E-state index is 12.8. The Kier molecular flexibility index (Phi) is 5.95. The smallest absolute Gasteiger partial charge is 0.305 e. The summed E-state index contributed by atoms with van der Waals surface area (Å²) in [6, 6.07) is 3.15. The predicted octanol–water partition coefficient (Wildman–Crippen LogP) is 2.69. The molecule has 8 heteroatoms. The second kappa shape index (κ2) is 8.39. The molecule has 3 rings (SSSR count). The van der Waals surface area contributed by atoms with E-state index in [4.69, 9.17) is 9.47 Å². The van der Waals surface area contributed by atoms with E-state index < -0.39 is 12.0 Å². The number of aromatic nitrogens is 1. The number of carbonyl (C=O) groups is 2. The minimum atomic E-state index is -0.944. The van der Waals surface area contributed by atoms with Gasteiger partial charge < -0.3 is 19.5 Å². The number of aliphatic carboxylic acids is 1. The highest BCUT2D eigenvalue weighted by molar-refractivity contribution is 7.09. The number of carboxylic acid groups (broad SMARTS) is 1. The van der Waals surface area contributed by atoms with Crippen molar-refractivity contribution in [2.75, 3.05) is 20.8 Å². The van der Waals surface area contributed by atoms with Gasteiger partial charge in [-0.15, -0.1) is 11.3 Å². The topological polar surface area (TPSA) is 89.0 Å². The van der Waals surface area contributed by atoms with Crippen LogP contribution in [0.1, 0.15) is 35.0 Å². The second-order valence-electron chi connectivity index (χ2n) is 6.28. The fraction of sp³-hybridized carbons (Fsp3) is 0.421. The number of rotatable bonds is 7. The van der Waals surface area contributed by atoms with Gasteiger partial charge in [0.2, 0.25) is 5.91 Å². The lowest BCUT2D eigenvalue weighted by Gasteiger charge is -2.37. The Morgan fingerprint density at radius 1 is 1.30 bits per heavy atom. The Bertz CT molecular complexity index is 822. The number of hydrogen-bond acceptors (Lipinski definition) is 6. The zero-order chi connectivity index (χ0) is 19.4. The number of methoxy groups -OCH3 is 2. The lowest BCUT2D eigenvalue weighted by molar-refractivity contribution is -0.141. The number of ether oxygens (including phenoxy) is 2. The molecule has 1 amide bonds. The first kappa shape index (κ1) is 19.2. The standard InChI is InChI=1S/C19H22N2O5S/c1-25-15-9-12-5-7-21(18(22)4-3-17-20-6-8-27-17)14(11-19(23)24)13(12)10-16(15)26-2/h6,8-10,14H,3-5,7,11H2,1-2H3,(H,23,24). The number of amides is 1. The van der Waals surface area contributed by atoms with E-state index in [1.807, 2.05) is 11.4 Å². The van der Waals surface area contributed by atoms with Crippen molar-refractivity contribution in [3.8, 4) is 11.5 Å². The third-order valence-electron chi connectivity index (χ3n) is 4.73. The molecule has 0 fully saturated rings. The minimum Gasteiger partial charge on any atom is -0.493 e. The van der Waals surface area contributed by atoms with Gasteiger partial charge in [0.15, 0.2) is 11.5 Å². The summed E-state index contributed by atoms with van der Waals surface area (Å²) in [6.07, 6.45) is 3.09. The SMILES string of the molecule is COc1cc2c(cc1OC)C(CC(=O)O)N(C(=O)CCc1nccs1)CC2. The number of benzene rings is 1. The number of thiazole rings is 1. The van der Waals surface area contributed by atoms with E-state index in [0.717, 1.165) is 16.1 Å². The molecule has 1 N–H and O–H groups in total. The van der Waals surface area contributed by atoms with Gasteiger partial charge in [0, 0.05) is 31.0 Å². The molecule has 144 valence electrons. The minimum absolute atomic E-state index is 0.0584. The van der Waals surface area contributed by atoms with Gasteiger partial charge in [-0.2, -0.15) is 0 Å². The normalized spacial score (nSPS) is 15.9. The number of aryl methyl sites for hydroxylation is 1. The van der Waals surface area contributed by atoms with Crippen LogP contribution in [-0.2, 0) is 22.4 Å². The van der Waals surface area contributed by atoms with Crippen LogP contribution in [0.2, 0.25) is 0 Å². The fourth-order valence-corrected chi connectivity index (χ4v) is 4.07. The van der Waals surface area contributed by atoms with Crippen LogP contribution in [0.3, 0.4) is 0 Å². The predicted molar refractivity (Wildman–Crippen MR) is 100 cm³/mol. The molecule has 0 saturated carbocycles. The average molecular weight is 390 g/mol. The van der Waals surface area contributed by atoms with Crippen molar-refractivity contribution < 1.29 is 24.2 Å². The summed E-state index contributed by atoms with van der Waals surface area (Å²) < 4.78 is 10.7. The molecular weight excluding hydrogens is 368 g/mol. The van der Waals surface area contributed by atoms with Gasteiger partial charge >= 0.3 is 5.97 Å². The number of nitrogens with zero attached hydrogens (tertiary/aromatic N) is 2. The summed E-state index contributed by atoms with van der Waals surface area (Å²) >= 11 is 1.51. The van der Waals surface area contributed by atoms with E-state index in [9.17, 15) is 14.7 Å². The fourth-order valence-electron chi connectivity index (χ4n) is 3.45. The van der Waals surface area contributed by atoms with Crippen LogP contribution in [0.15, 0.2) is 23.7 Å². The molecule has 0 bridgehead atoms. The van der Waals surface area contributed by atoms with Crippen LogP contribution in [0.25, 0.3) is 0 Å². The van der Waals surface area contributed by atoms with E-state index in [1.165, 1.54) is 18.4 Å². The second-order valence-corrected chi connectivity index (χ2v) is 7.26. The van der Waals surface area contributed by atoms with Crippen molar-refractivity contribution in [3.05, 3.63) is 39.8 Å². The Labute approximate surface area is 161 Å². The first-order chi connectivity index (χ1) is 13.0. The average Bonchev–Trinajstić information content (AvgIpc) is 3.18. The van der Waals surface area contributed by atoms with Gasteiger partial charge in [-0.25, -0.2) is 4.98 Å². The molecule has 0 aliphatic carbocycles. The van der Waals surface area contributed by atoms with Crippen LogP contribution < -0.4 is 9.47 Å². The quantitative estimate of drug-likeness (QED) is 0.782. The van der Waals surface area contributed by atoms with Gasteiger partial charge in [0.05, 0.1) is 31.7 Å². The number of fused-ring (bicyclic) bond motifs is 1. The molecule has 1 aromatic heterocycles. The van der Waals surface area contributed by atoms with Gasteiger partial charge in [-0.1, -0.05) is 0 Å². The zero-order valence-electron chi connectivity index (χ0n) is 15.3. The largest absolute Gasteiger partial charge is 0.493 e. The van der Waals surface area contributed by atoms with Gasteiger partial charge in [-0.05, 0) is 29.7 Å². The van der Waals surface area contributed by atoms with E-state index in [-0.39, 0.29) is 12.3 Å². The lowest BCUT2D eigenvalue weighted by Crippen LogP contribution is -2.41. The third-order valence-corrected chi connectivity index (χ3v) is 5.57. The molecule has 2 aromatic rings.